The lowest BCUT2D eigenvalue weighted by molar-refractivity contribution is -0.117. The number of carbonyl (C=O) groups is 1. The molecule has 19 heavy (non-hydrogen) atoms. The Morgan fingerprint density at radius 3 is 2.74 bits per heavy atom. The van der Waals surface area contributed by atoms with E-state index in [0.29, 0.717) is 12.1 Å². The number of nitrogens with zero attached hydrogens (tertiary/aromatic N) is 3. The molecule has 2 atom stereocenters. The van der Waals surface area contributed by atoms with E-state index in [1.165, 1.54) is 19.3 Å². The third-order valence-electron chi connectivity index (χ3n) is 4.45. The monoisotopic (exact) mass is 259 g/mol. The number of anilines is 2. The fourth-order valence-corrected chi connectivity index (χ4v) is 3.73. The fraction of sp³-hybridized carbons (Fsp3) is 0.600. The van der Waals surface area contributed by atoms with Gasteiger partial charge in [-0.1, -0.05) is 12.8 Å². The minimum Gasteiger partial charge on any atom is -0.365 e. The quantitative estimate of drug-likeness (QED) is 0.777. The van der Waals surface area contributed by atoms with Crippen molar-refractivity contribution in [2.24, 2.45) is 0 Å². The topological polar surface area (TPSA) is 36.4 Å². The van der Waals surface area contributed by atoms with Crippen LogP contribution in [0.4, 0.5) is 11.4 Å². The molecule has 1 aromatic heterocycles. The molecule has 1 amide bonds. The van der Waals surface area contributed by atoms with Crippen molar-refractivity contribution in [1.82, 2.24) is 4.98 Å². The second-order valence-electron chi connectivity index (χ2n) is 5.46. The zero-order valence-corrected chi connectivity index (χ0v) is 11.7. The third kappa shape index (κ3) is 1.90. The average Bonchev–Trinajstić information content (AvgIpc) is 2.44. The van der Waals surface area contributed by atoms with Crippen molar-refractivity contribution in [1.29, 1.82) is 0 Å². The van der Waals surface area contributed by atoms with Crippen molar-refractivity contribution < 1.29 is 4.79 Å². The Labute approximate surface area is 114 Å². The standard InChI is InChI=1S/C15H21N3O/c1-3-17-12-6-4-5-7-14(12)18(11(2)19)15-10-16-9-8-13(15)17/h8-10,12,14H,3-7H2,1-2H3/t12-,14+/m0/s1. The van der Waals surface area contributed by atoms with Gasteiger partial charge in [-0.25, -0.2) is 0 Å². The average molecular weight is 259 g/mol. The molecule has 0 unspecified atom stereocenters. The molecule has 0 radical (unpaired) electrons. The van der Waals surface area contributed by atoms with E-state index < -0.39 is 0 Å². The van der Waals surface area contributed by atoms with Gasteiger partial charge in [0.05, 0.1) is 23.6 Å². The molecule has 4 heteroatoms. The number of hydrogen-bond acceptors (Lipinski definition) is 3. The second-order valence-corrected chi connectivity index (χ2v) is 5.46. The number of carbonyl (C=O) groups excluding carboxylic acids is 1. The van der Waals surface area contributed by atoms with Crippen molar-refractivity contribution in [2.45, 2.75) is 51.6 Å². The molecular weight excluding hydrogens is 238 g/mol. The molecule has 1 aliphatic heterocycles. The Morgan fingerprint density at radius 2 is 2.05 bits per heavy atom. The molecule has 0 bridgehead atoms. The van der Waals surface area contributed by atoms with E-state index in [9.17, 15) is 4.79 Å². The second kappa shape index (κ2) is 4.83. The highest BCUT2D eigenvalue weighted by Crippen LogP contribution is 2.42. The van der Waals surface area contributed by atoms with Crippen LogP contribution in [-0.4, -0.2) is 29.5 Å². The normalized spacial score (nSPS) is 25.8. The molecule has 1 aromatic rings. The first-order valence-corrected chi connectivity index (χ1v) is 7.24. The summed E-state index contributed by atoms with van der Waals surface area (Å²) < 4.78 is 0. The number of rotatable bonds is 1. The predicted octanol–water partition coefficient (Wildman–Crippen LogP) is 2.59. The zero-order valence-electron chi connectivity index (χ0n) is 11.7. The largest absolute Gasteiger partial charge is 0.365 e. The summed E-state index contributed by atoms with van der Waals surface area (Å²) in [5.41, 5.74) is 2.15. The molecule has 2 heterocycles. The maximum atomic E-state index is 12.1. The van der Waals surface area contributed by atoms with E-state index >= 15 is 0 Å². The summed E-state index contributed by atoms with van der Waals surface area (Å²) in [7, 11) is 0. The number of pyridine rings is 1. The number of hydrogen-bond donors (Lipinski definition) is 0. The van der Waals surface area contributed by atoms with Crippen molar-refractivity contribution in [3.63, 3.8) is 0 Å². The van der Waals surface area contributed by atoms with Gasteiger partial charge in [-0.3, -0.25) is 9.78 Å². The highest BCUT2D eigenvalue weighted by atomic mass is 16.2. The Bertz CT molecular complexity index is 488. The maximum Gasteiger partial charge on any atom is 0.224 e. The Morgan fingerprint density at radius 1 is 1.32 bits per heavy atom. The smallest absolute Gasteiger partial charge is 0.224 e. The van der Waals surface area contributed by atoms with E-state index in [-0.39, 0.29) is 5.91 Å². The van der Waals surface area contributed by atoms with Crippen LogP contribution in [0, 0.1) is 0 Å². The van der Waals surface area contributed by atoms with Crippen LogP contribution in [0.25, 0.3) is 0 Å². The lowest BCUT2D eigenvalue weighted by Gasteiger charge is -2.50. The molecule has 0 spiro atoms. The Kier molecular flexibility index (Phi) is 3.17. The van der Waals surface area contributed by atoms with Crippen LogP contribution >= 0.6 is 0 Å². The molecule has 102 valence electrons. The minimum absolute atomic E-state index is 0.141. The van der Waals surface area contributed by atoms with Gasteiger partial charge >= 0.3 is 0 Å². The van der Waals surface area contributed by atoms with Crippen molar-refractivity contribution in [3.05, 3.63) is 18.5 Å². The van der Waals surface area contributed by atoms with Gasteiger partial charge < -0.3 is 9.80 Å². The molecule has 2 aliphatic rings. The van der Waals surface area contributed by atoms with Crippen LogP contribution in [-0.2, 0) is 4.79 Å². The molecular formula is C15H21N3O. The molecule has 1 aliphatic carbocycles. The summed E-state index contributed by atoms with van der Waals surface area (Å²) in [4.78, 5) is 20.8. The first-order valence-electron chi connectivity index (χ1n) is 7.24. The summed E-state index contributed by atoms with van der Waals surface area (Å²) in [6.07, 6.45) is 8.44. The van der Waals surface area contributed by atoms with Gasteiger partial charge in [-0.2, -0.15) is 0 Å². The van der Waals surface area contributed by atoms with Crippen LogP contribution in [0.5, 0.6) is 0 Å². The number of likely N-dealkylation sites (N-methyl/N-ethyl adjacent to an activating group) is 1. The lowest BCUT2D eigenvalue weighted by atomic mass is 9.85. The number of amides is 1. The van der Waals surface area contributed by atoms with E-state index in [0.717, 1.165) is 24.3 Å². The van der Waals surface area contributed by atoms with Crippen LogP contribution in [0.15, 0.2) is 18.5 Å². The number of aromatic nitrogens is 1. The highest BCUT2D eigenvalue weighted by molar-refractivity contribution is 5.97. The van der Waals surface area contributed by atoms with Crippen LogP contribution in [0.3, 0.4) is 0 Å². The Hall–Kier alpha value is -1.58. The first-order chi connectivity index (χ1) is 9.24. The van der Waals surface area contributed by atoms with Crippen LogP contribution in [0.1, 0.15) is 39.5 Å². The summed E-state index contributed by atoms with van der Waals surface area (Å²) >= 11 is 0. The van der Waals surface area contributed by atoms with Crippen LogP contribution < -0.4 is 9.80 Å². The molecule has 0 saturated heterocycles. The van der Waals surface area contributed by atoms with E-state index in [2.05, 4.69) is 16.8 Å². The summed E-state index contributed by atoms with van der Waals surface area (Å²) in [6.45, 7) is 4.85. The first kappa shape index (κ1) is 12.5. The molecule has 0 aromatic carbocycles. The van der Waals surface area contributed by atoms with Gasteiger partial charge in [-0.05, 0) is 25.8 Å². The summed E-state index contributed by atoms with van der Waals surface area (Å²) in [5.74, 6) is 0.141. The van der Waals surface area contributed by atoms with E-state index in [1.807, 2.05) is 23.4 Å². The SMILES string of the molecule is CCN1c2ccncc2N(C(C)=O)[C@@H]2CCCC[C@@H]21. The summed E-state index contributed by atoms with van der Waals surface area (Å²) in [5, 5.41) is 0. The zero-order chi connectivity index (χ0) is 13.4. The van der Waals surface area contributed by atoms with Crippen LogP contribution in [0.2, 0.25) is 0 Å². The molecule has 1 fully saturated rings. The van der Waals surface area contributed by atoms with Gasteiger partial charge in [0.15, 0.2) is 0 Å². The molecule has 4 nitrogen and oxygen atoms in total. The predicted molar refractivity (Wildman–Crippen MR) is 76.5 cm³/mol. The fourth-order valence-electron chi connectivity index (χ4n) is 3.73. The summed E-state index contributed by atoms with van der Waals surface area (Å²) in [6, 6.07) is 2.83. The molecule has 3 rings (SSSR count). The van der Waals surface area contributed by atoms with E-state index in [1.54, 1.807) is 6.92 Å². The molecule has 1 saturated carbocycles. The van der Waals surface area contributed by atoms with Gasteiger partial charge in [0.25, 0.3) is 0 Å². The van der Waals surface area contributed by atoms with Gasteiger partial charge in [0.2, 0.25) is 5.91 Å². The van der Waals surface area contributed by atoms with Gasteiger partial charge in [-0.15, -0.1) is 0 Å². The van der Waals surface area contributed by atoms with E-state index in [4.69, 9.17) is 0 Å². The van der Waals surface area contributed by atoms with Crippen molar-refractivity contribution >= 4 is 17.3 Å². The Balaban J connectivity index is 2.12. The molecule has 0 N–H and O–H groups in total. The van der Waals surface area contributed by atoms with Gasteiger partial charge in [0.1, 0.15) is 0 Å². The number of fused-ring (bicyclic) bond motifs is 2. The highest BCUT2D eigenvalue weighted by Gasteiger charge is 2.41. The van der Waals surface area contributed by atoms with Gasteiger partial charge in [0, 0.05) is 25.7 Å². The third-order valence-corrected chi connectivity index (χ3v) is 4.45. The minimum atomic E-state index is 0.141. The van der Waals surface area contributed by atoms with Crippen molar-refractivity contribution in [2.75, 3.05) is 16.3 Å². The van der Waals surface area contributed by atoms with Crippen molar-refractivity contribution in [3.8, 4) is 0 Å². The maximum absolute atomic E-state index is 12.1. The lowest BCUT2D eigenvalue weighted by Crippen LogP contribution is -2.59.